The van der Waals surface area contributed by atoms with Crippen molar-refractivity contribution < 1.29 is 32.7 Å². The van der Waals surface area contributed by atoms with Crippen LogP contribution in [0.1, 0.15) is 41.1 Å². The van der Waals surface area contributed by atoms with Gasteiger partial charge in [-0.3, -0.25) is 19.8 Å². The van der Waals surface area contributed by atoms with E-state index in [1.807, 2.05) is 0 Å². The average molecular weight is 515 g/mol. The molecule has 11 heteroatoms. The quantitative estimate of drug-likeness (QED) is 0.138. The van der Waals surface area contributed by atoms with Crippen LogP contribution in [-0.2, 0) is 20.6 Å². The monoisotopic (exact) mass is 514 g/mol. The molecular formula is C26H25F3N4O4. The smallest absolute Gasteiger partial charge is 0.416 e. The van der Waals surface area contributed by atoms with E-state index in [-0.39, 0.29) is 12.3 Å². The van der Waals surface area contributed by atoms with Crippen molar-refractivity contribution in [2.75, 3.05) is 5.32 Å². The van der Waals surface area contributed by atoms with Crippen molar-refractivity contribution in [1.29, 1.82) is 5.41 Å². The first-order valence-electron chi connectivity index (χ1n) is 10.8. The van der Waals surface area contributed by atoms with E-state index in [1.54, 1.807) is 61.5 Å². The Morgan fingerprint density at radius 2 is 1.46 bits per heavy atom. The second kappa shape index (κ2) is 12.9. The summed E-state index contributed by atoms with van der Waals surface area (Å²) in [6.45, 7) is 1.38. The summed E-state index contributed by atoms with van der Waals surface area (Å²) in [5.41, 5.74) is 6.48. The highest BCUT2D eigenvalue weighted by molar-refractivity contribution is 6.11. The molecule has 0 heterocycles. The molecule has 2 unspecified atom stereocenters. The highest BCUT2D eigenvalue weighted by atomic mass is 19.4. The van der Waals surface area contributed by atoms with Crippen molar-refractivity contribution in [3.63, 3.8) is 0 Å². The molecule has 0 spiro atoms. The van der Waals surface area contributed by atoms with Crippen molar-refractivity contribution >= 4 is 29.8 Å². The molecule has 194 valence electrons. The fourth-order valence-corrected chi connectivity index (χ4v) is 3.36. The van der Waals surface area contributed by atoms with Gasteiger partial charge >= 0.3 is 6.18 Å². The van der Waals surface area contributed by atoms with Gasteiger partial charge in [0.1, 0.15) is 11.8 Å². The Morgan fingerprint density at radius 3 is 1.95 bits per heavy atom. The number of carbonyl (C=O) groups is 3. The third kappa shape index (κ3) is 8.20. The van der Waals surface area contributed by atoms with Crippen LogP contribution < -0.4 is 16.4 Å². The number of nitrogen functional groups attached to an aromatic ring is 1. The molecule has 3 rings (SSSR count). The molecule has 8 nitrogen and oxygen atoms in total. The minimum Gasteiger partial charge on any atom is -0.483 e. The molecule has 2 amide bonds. The van der Waals surface area contributed by atoms with Crippen molar-refractivity contribution in [3.8, 4) is 0 Å². The van der Waals surface area contributed by atoms with Gasteiger partial charge in [-0.1, -0.05) is 42.5 Å². The second-order valence-electron chi connectivity index (χ2n) is 7.78. The topological polar surface area (TPSA) is 145 Å². The SMILES string of the molecule is CC(NC(=O)C(C(=O)Nc1ccc(C(=N)N)cc1)c1ccccc1)c1ccc(C(F)(F)F)cc1.O=CO. The van der Waals surface area contributed by atoms with Gasteiger partial charge in [0.15, 0.2) is 0 Å². The zero-order valence-corrected chi connectivity index (χ0v) is 19.6. The van der Waals surface area contributed by atoms with Gasteiger partial charge in [-0.05, 0) is 54.4 Å². The highest BCUT2D eigenvalue weighted by Crippen LogP contribution is 2.30. The Bertz CT molecular complexity index is 1220. The number of anilines is 1. The number of hydrogen-bond acceptors (Lipinski definition) is 4. The summed E-state index contributed by atoms with van der Waals surface area (Å²) in [5, 5.41) is 19.7. The Morgan fingerprint density at radius 1 is 0.919 bits per heavy atom. The number of nitrogens with one attached hydrogen (secondary N) is 3. The molecule has 0 radical (unpaired) electrons. The fraction of sp³-hybridized carbons (Fsp3) is 0.154. The summed E-state index contributed by atoms with van der Waals surface area (Å²) in [7, 11) is 0. The number of nitrogens with two attached hydrogens (primary N) is 1. The van der Waals surface area contributed by atoms with Crippen LogP contribution in [0.15, 0.2) is 78.9 Å². The lowest BCUT2D eigenvalue weighted by atomic mass is 9.96. The van der Waals surface area contributed by atoms with Crippen molar-refractivity contribution in [2.45, 2.75) is 25.1 Å². The molecule has 0 saturated heterocycles. The van der Waals surface area contributed by atoms with E-state index in [1.165, 1.54) is 12.1 Å². The molecule has 2 atom stereocenters. The number of amides is 2. The third-order valence-electron chi connectivity index (χ3n) is 5.22. The number of halogens is 3. The van der Waals surface area contributed by atoms with Crippen molar-refractivity contribution in [3.05, 3.63) is 101 Å². The van der Waals surface area contributed by atoms with Gasteiger partial charge in [0.25, 0.3) is 6.47 Å². The van der Waals surface area contributed by atoms with Crippen LogP contribution in [0, 0.1) is 5.41 Å². The van der Waals surface area contributed by atoms with Gasteiger partial charge in [-0.2, -0.15) is 13.2 Å². The van der Waals surface area contributed by atoms with Crippen LogP contribution in [0.4, 0.5) is 18.9 Å². The van der Waals surface area contributed by atoms with Gasteiger partial charge in [0, 0.05) is 11.3 Å². The molecule has 0 aliphatic carbocycles. The van der Waals surface area contributed by atoms with E-state index < -0.39 is 35.5 Å². The minimum atomic E-state index is -4.45. The number of alkyl halides is 3. The first-order valence-corrected chi connectivity index (χ1v) is 10.8. The van der Waals surface area contributed by atoms with Gasteiger partial charge in [-0.15, -0.1) is 0 Å². The lowest BCUT2D eigenvalue weighted by molar-refractivity contribution is -0.137. The Kier molecular flexibility index (Phi) is 9.93. The van der Waals surface area contributed by atoms with E-state index in [0.29, 0.717) is 22.4 Å². The average Bonchev–Trinajstić information content (AvgIpc) is 2.85. The van der Waals surface area contributed by atoms with Crippen molar-refractivity contribution in [1.82, 2.24) is 5.32 Å². The fourth-order valence-electron chi connectivity index (χ4n) is 3.36. The van der Waals surface area contributed by atoms with E-state index in [2.05, 4.69) is 10.6 Å². The number of rotatable bonds is 7. The normalized spacial score (nSPS) is 12.2. The lowest BCUT2D eigenvalue weighted by Gasteiger charge is -2.21. The summed E-state index contributed by atoms with van der Waals surface area (Å²) in [6, 6.07) is 18.6. The standard InChI is InChI=1S/C25H23F3N4O2.CH2O2/c1-15(16-7-11-19(12-8-16)25(26,27)28)31-23(33)21(17-5-3-2-4-6-17)24(34)32-20-13-9-18(10-14-20)22(29)30;2-1-3/h2-15,21H,1H3,(H3,29,30)(H,31,33)(H,32,34);1H,(H,2,3). The summed E-state index contributed by atoms with van der Waals surface area (Å²) >= 11 is 0. The second-order valence-corrected chi connectivity index (χ2v) is 7.78. The zero-order chi connectivity index (χ0) is 27.6. The van der Waals surface area contributed by atoms with E-state index in [4.69, 9.17) is 21.0 Å². The van der Waals surface area contributed by atoms with E-state index in [9.17, 15) is 22.8 Å². The molecule has 0 aromatic heterocycles. The summed E-state index contributed by atoms with van der Waals surface area (Å²) in [6.07, 6.45) is -4.45. The number of hydrogen-bond donors (Lipinski definition) is 5. The maximum absolute atomic E-state index is 13.1. The number of carbonyl (C=O) groups excluding carboxylic acids is 2. The Hall–Kier alpha value is -4.67. The number of amidine groups is 1. The van der Waals surface area contributed by atoms with Crippen LogP contribution in [-0.4, -0.2) is 29.2 Å². The first kappa shape index (κ1) is 28.6. The van der Waals surface area contributed by atoms with Gasteiger partial charge in [0.2, 0.25) is 11.8 Å². The van der Waals surface area contributed by atoms with Crippen LogP contribution in [0.2, 0.25) is 0 Å². The maximum atomic E-state index is 13.1. The Labute approximate surface area is 210 Å². The number of benzene rings is 3. The molecule has 6 N–H and O–H groups in total. The van der Waals surface area contributed by atoms with E-state index in [0.717, 1.165) is 12.1 Å². The van der Waals surface area contributed by atoms with Crippen LogP contribution >= 0.6 is 0 Å². The molecular weight excluding hydrogens is 489 g/mol. The molecule has 3 aromatic rings. The van der Waals surface area contributed by atoms with Crippen LogP contribution in [0.25, 0.3) is 0 Å². The van der Waals surface area contributed by atoms with E-state index >= 15 is 0 Å². The molecule has 0 bridgehead atoms. The predicted molar refractivity (Wildman–Crippen MR) is 132 cm³/mol. The molecule has 37 heavy (non-hydrogen) atoms. The van der Waals surface area contributed by atoms with Gasteiger partial charge < -0.3 is 21.5 Å². The van der Waals surface area contributed by atoms with Gasteiger partial charge in [-0.25, -0.2) is 0 Å². The first-order chi connectivity index (χ1) is 17.5. The predicted octanol–water partition coefficient (Wildman–Crippen LogP) is 4.29. The molecule has 0 fully saturated rings. The lowest BCUT2D eigenvalue weighted by Crippen LogP contribution is -2.37. The molecule has 0 aliphatic heterocycles. The number of carboxylic acid groups (broad SMARTS) is 1. The summed E-state index contributed by atoms with van der Waals surface area (Å²) < 4.78 is 38.5. The van der Waals surface area contributed by atoms with Crippen molar-refractivity contribution in [2.24, 2.45) is 5.73 Å². The van der Waals surface area contributed by atoms with Gasteiger partial charge in [0.05, 0.1) is 11.6 Å². The molecule has 0 aliphatic rings. The summed E-state index contributed by atoms with van der Waals surface area (Å²) in [4.78, 5) is 34.6. The van der Waals surface area contributed by atoms with Crippen LogP contribution in [0.3, 0.4) is 0 Å². The molecule has 0 saturated carbocycles. The third-order valence-corrected chi connectivity index (χ3v) is 5.22. The highest BCUT2D eigenvalue weighted by Gasteiger charge is 2.31. The molecule has 3 aromatic carbocycles. The largest absolute Gasteiger partial charge is 0.483 e. The Balaban J connectivity index is 0.00000153. The maximum Gasteiger partial charge on any atom is 0.416 e. The zero-order valence-electron chi connectivity index (χ0n) is 19.6. The van der Waals surface area contributed by atoms with Crippen LogP contribution in [0.5, 0.6) is 0 Å². The summed E-state index contributed by atoms with van der Waals surface area (Å²) in [5.74, 6) is -2.50. The minimum absolute atomic E-state index is 0.114.